The molecule has 2 aromatic rings. The van der Waals surface area contributed by atoms with Gasteiger partial charge in [0.2, 0.25) is 5.82 Å². The molecule has 0 aliphatic heterocycles. The molecule has 1 amide bonds. The number of nitrogens with zero attached hydrogens (tertiary/aromatic N) is 1. The smallest absolute Gasteiger partial charge is 0.305 e. The number of benzene rings is 2. The number of halogens is 2. The molecule has 0 fully saturated rings. The van der Waals surface area contributed by atoms with Gasteiger partial charge in [-0.2, -0.15) is 4.39 Å². The summed E-state index contributed by atoms with van der Waals surface area (Å²) in [5.74, 6) is -1.43. The number of nitro groups is 1. The zero-order valence-corrected chi connectivity index (χ0v) is 15.1. The van der Waals surface area contributed by atoms with Crippen molar-refractivity contribution < 1.29 is 18.8 Å². The predicted octanol–water partition coefficient (Wildman–Crippen LogP) is 4.53. The van der Waals surface area contributed by atoms with E-state index in [0.717, 1.165) is 23.3 Å². The molecule has 0 radical (unpaired) electrons. The van der Waals surface area contributed by atoms with Gasteiger partial charge in [0.05, 0.1) is 4.92 Å². The van der Waals surface area contributed by atoms with Crippen molar-refractivity contribution in [3.05, 3.63) is 62.4 Å². The summed E-state index contributed by atoms with van der Waals surface area (Å²) in [5.41, 5.74) is 1.79. The molecule has 138 valence electrons. The average molecular weight is 381 g/mol. The van der Waals surface area contributed by atoms with Crippen molar-refractivity contribution in [2.45, 2.75) is 26.7 Å². The zero-order chi connectivity index (χ0) is 19.3. The van der Waals surface area contributed by atoms with Crippen LogP contribution in [0, 0.1) is 15.9 Å². The number of nitrogens with one attached hydrogen (secondary N) is 1. The van der Waals surface area contributed by atoms with Crippen LogP contribution in [0.1, 0.15) is 25.0 Å². The fourth-order valence-corrected chi connectivity index (χ4v) is 2.81. The van der Waals surface area contributed by atoms with Gasteiger partial charge in [-0.05, 0) is 36.1 Å². The van der Waals surface area contributed by atoms with E-state index < -0.39 is 22.3 Å². The number of hydrogen-bond acceptors (Lipinski definition) is 4. The number of nitro benzene ring substituents is 1. The van der Waals surface area contributed by atoms with Crippen molar-refractivity contribution in [1.82, 2.24) is 0 Å². The Bertz CT molecular complexity index is 842. The molecule has 0 spiro atoms. The fraction of sp³-hybridized carbons (Fsp3) is 0.278. The van der Waals surface area contributed by atoms with Gasteiger partial charge in [0.15, 0.2) is 6.61 Å². The molecule has 2 rings (SSSR count). The highest BCUT2D eigenvalue weighted by Gasteiger charge is 2.16. The molecular formula is C18H18ClFN2O4. The third-order valence-corrected chi connectivity index (χ3v) is 4.18. The van der Waals surface area contributed by atoms with Crippen molar-refractivity contribution in [2.24, 2.45) is 0 Å². The molecule has 0 bridgehead atoms. The molecule has 0 aliphatic rings. The number of aryl methyl sites for hydroxylation is 1. The number of anilines is 1. The minimum Gasteiger partial charge on any atom is -0.484 e. The first-order valence-corrected chi connectivity index (χ1v) is 8.42. The van der Waals surface area contributed by atoms with Gasteiger partial charge in [-0.15, -0.1) is 0 Å². The van der Waals surface area contributed by atoms with E-state index in [4.69, 9.17) is 16.3 Å². The number of ether oxygens (including phenoxy) is 1. The molecule has 1 N–H and O–H groups in total. The second-order valence-electron chi connectivity index (χ2n) is 5.47. The molecular weight excluding hydrogens is 363 g/mol. The van der Waals surface area contributed by atoms with Gasteiger partial charge in [-0.1, -0.05) is 31.5 Å². The van der Waals surface area contributed by atoms with Crippen LogP contribution in [0.5, 0.6) is 5.75 Å². The lowest BCUT2D eigenvalue weighted by Crippen LogP contribution is -2.22. The van der Waals surface area contributed by atoms with E-state index >= 15 is 0 Å². The highest BCUT2D eigenvalue weighted by Crippen LogP contribution is 2.29. The van der Waals surface area contributed by atoms with Gasteiger partial charge in [0.1, 0.15) is 5.75 Å². The Morgan fingerprint density at radius 3 is 2.58 bits per heavy atom. The van der Waals surface area contributed by atoms with E-state index in [2.05, 4.69) is 5.32 Å². The maximum atomic E-state index is 13.6. The topological polar surface area (TPSA) is 81.5 Å². The first-order valence-electron chi connectivity index (χ1n) is 8.04. The van der Waals surface area contributed by atoms with Crippen molar-refractivity contribution >= 4 is 28.9 Å². The number of rotatable bonds is 7. The van der Waals surface area contributed by atoms with Crippen LogP contribution in [0.3, 0.4) is 0 Å². The SMILES string of the molecule is CCc1ccc(Cl)c(CC)c1NC(=O)COc1ccc([N+](=O)[O-])c(F)c1. The Morgan fingerprint density at radius 1 is 1.27 bits per heavy atom. The maximum absolute atomic E-state index is 13.6. The molecule has 0 aromatic heterocycles. The number of hydrogen-bond donors (Lipinski definition) is 1. The molecule has 0 saturated heterocycles. The standard InChI is InChI=1S/C18H18ClFN2O4/c1-3-11-5-7-14(19)13(4-2)18(11)21-17(23)10-26-12-6-8-16(22(24)25)15(20)9-12/h5-9H,3-4,10H2,1-2H3,(H,21,23). The summed E-state index contributed by atoms with van der Waals surface area (Å²) in [5, 5.41) is 14.0. The van der Waals surface area contributed by atoms with Gasteiger partial charge < -0.3 is 10.1 Å². The summed E-state index contributed by atoms with van der Waals surface area (Å²) in [4.78, 5) is 22.0. The van der Waals surface area contributed by atoms with Gasteiger partial charge >= 0.3 is 5.69 Å². The molecule has 0 aliphatic carbocycles. The van der Waals surface area contributed by atoms with Gasteiger partial charge in [0.25, 0.3) is 5.91 Å². The Hall–Kier alpha value is -2.67. The lowest BCUT2D eigenvalue weighted by atomic mass is 10.0. The summed E-state index contributed by atoms with van der Waals surface area (Å²) in [6, 6.07) is 6.75. The largest absolute Gasteiger partial charge is 0.484 e. The van der Waals surface area contributed by atoms with Crippen molar-refractivity contribution in [3.8, 4) is 5.75 Å². The van der Waals surface area contributed by atoms with Crippen LogP contribution < -0.4 is 10.1 Å². The van der Waals surface area contributed by atoms with Crippen molar-refractivity contribution in [3.63, 3.8) is 0 Å². The molecule has 0 saturated carbocycles. The van der Waals surface area contributed by atoms with E-state index in [-0.39, 0.29) is 12.4 Å². The van der Waals surface area contributed by atoms with Crippen LogP contribution >= 0.6 is 11.6 Å². The van der Waals surface area contributed by atoms with Crippen molar-refractivity contribution in [2.75, 3.05) is 11.9 Å². The summed E-state index contributed by atoms with van der Waals surface area (Å²) < 4.78 is 18.8. The molecule has 26 heavy (non-hydrogen) atoms. The third kappa shape index (κ3) is 4.49. The van der Waals surface area contributed by atoms with Crippen LogP contribution in [-0.2, 0) is 17.6 Å². The van der Waals surface area contributed by atoms with Gasteiger partial charge in [0, 0.05) is 22.8 Å². The molecule has 8 heteroatoms. The fourth-order valence-electron chi connectivity index (χ4n) is 2.52. The molecule has 0 heterocycles. The number of amides is 1. The van der Waals surface area contributed by atoms with E-state index in [1.807, 2.05) is 19.9 Å². The Balaban J connectivity index is 2.09. The van der Waals surface area contributed by atoms with Crippen LogP contribution in [0.4, 0.5) is 15.8 Å². The second-order valence-corrected chi connectivity index (χ2v) is 5.88. The Labute approximate surface area is 155 Å². The third-order valence-electron chi connectivity index (χ3n) is 3.83. The van der Waals surface area contributed by atoms with Crippen molar-refractivity contribution in [1.29, 1.82) is 0 Å². The average Bonchev–Trinajstić information content (AvgIpc) is 2.60. The lowest BCUT2D eigenvalue weighted by Gasteiger charge is -2.16. The predicted molar refractivity (Wildman–Crippen MR) is 97.4 cm³/mol. The van der Waals surface area contributed by atoms with E-state index in [0.29, 0.717) is 23.6 Å². The summed E-state index contributed by atoms with van der Waals surface area (Å²) in [6.45, 7) is 3.54. The number of carbonyl (C=O) groups is 1. The molecule has 0 atom stereocenters. The minimum absolute atomic E-state index is 0.0285. The summed E-state index contributed by atoms with van der Waals surface area (Å²) >= 11 is 6.19. The van der Waals surface area contributed by atoms with Gasteiger partial charge in [-0.25, -0.2) is 0 Å². The molecule has 2 aromatic carbocycles. The highest BCUT2D eigenvalue weighted by molar-refractivity contribution is 6.32. The number of carbonyl (C=O) groups excluding carboxylic acids is 1. The Morgan fingerprint density at radius 2 is 2.00 bits per heavy atom. The summed E-state index contributed by atoms with van der Waals surface area (Å²) in [6.07, 6.45) is 1.37. The van der Waals surface area contributed by atoms with Crippen LogP contribution in [-0.4, -0.2) is 17.4 Å². The minimum atomic E-state index is -1.02. The molecule has 0 unspecified atom stereocenters. The van der Waals surface area contributed by atoms with E-state index in [9.17, 15) is 19.3 Å². The first-order chi connectivity index (χ1) is 12.4. The van der Waals surface area contributed by atoms with E-state index in [1.165, 1.54) is 6.07 Å². The monoisotopic (exact) mass is 380 g/mol. The van der Waals surface area contributed by atoms with Crippen LogP contribution in [0.2, 0.25) is 5.02 Å². The quantitative estimate of drug-likeness (QED) is 0.565. The zero-order valence-electron chi connectivity index (χ0n) is 14.3. The van der Waals surface area contributed by atoms with Crippen LogP contribution in [0.25, 0.3) is 0 Å². The Kier molecular flexibility index (Phi) is 6.52. The normalized spacial score (nSPS) is 10.5. The lowest BCUT2D eigenvalue weighted by molar-refractivity contribution is -0.387. The molecule has 6 nitrogen and oxygen atoms in total. The maximum Gasteiger partial charge on any atom is 0.305 e. The van der Waals surface area contributed by atoms with Crippen LogP contribution in [0.15, 0.2) is 30.3 Å². The summed E-state index contributed by atoms with van der Waals surface area (Å²) in [7, 11) is 0. The second kappa shape index (κ2) is 8.62. The van der Waals surface area contributed by atoms with E-state index in [1.54, 1.807) is 6.07 Å². The van der Waals surface area contributed by atoms with Gasteiger partial charge in [-0.3, -0.25) is 14.9 Å². The highest BCUT2D eigenvalue weighted by atomic mass is 35.5. The first kappa shape index (κ1) is 19.7.